The number of carboxylic acids is 1. The molecule has 0 atom stereocenters. The van der Waals surface area contributed by atoms with Crippen LogP contribution in [0, 0.1) is 12.3 Å². The van der Waals surface area contributed by atoms with Gasteiger partial charge in [-0.3, -0.25) is 4.79 Å². The molecule has 0 fully saturated rings. The lowest BCUT2D eigenvalue weighted by Crippen LogP contribution is -2.25. The molecule has 0 aliphatic rings. The van der Waals surface area contributed by atoms with Crippen LogP contribution < -0.4 is 4.90 Å². The van der Waals surface area contributed by atoms with Gasteiger partial charge in [-0.1, -0.05) is 0 Å². The van der Waals surface area contributed by atoms with Crippen molar-refractivity contribution in [1.29, 1.82) is 0 Å². The van der Waals surface area contributed by atoms with Gasteiger partial charge in [0.1, 0.15) is 0 Å². The molecule has 1 amide bonds. The average Bonchev–Trinajstić information content (AvgIpc) is 2.42. The van der Waals surface area contributed by atoms with E-state index in [1.165, 1.54) is 17.0 Å². The summed E-state index contributed by atoms with van der Waals surface area (Å²) in [6.07, 6.45) is 7.88. The molecule has 0 saturated carbocycles. The smallest absolute Gasteiger partial charge is 0.335 e. The number of rotatable bonds is 6. The number of terminal acetylenes is 1. The monoisotopic (exact) mass is 259 g/mol. The molecule has 19 heavy (non-hydrogen) atoms. The van der Waals surface area contributed by atoms with Crippen molar-refractivity contribution < 1.29 is 14.7 Å². The quantitative estimate of drug-likeness (QED) is 0.631. The van der Waals surface area contributed by atoms with E-state index in [-0.39, 0.29) is 11.5 Å². The Bertz CT molecular complexity index is 485. The molecular formula is C15H17NO3. The molecule has 0 saturated heterocycles. The fraction of sp³-hybridized carbons (Fsp3) is 0.333. The first kappa shape index (κ1) is 14.8. The molecule has 1 rings (SSSR count). The Hall–Kier alpha value is -2.28. The lowest BCUT2D eigenvalue weighted by Gasteiger charge is -2.17. The summed E-state index contributed by atoms with van der Waals surface area (Å²) in [6, 6.07) is 6.23. The second kappa shape index (κ2) is 7.22. The normalized spacial score (nSPS) is 9.68. The van der Waals surface area contributed by atoms with Crippen molar-refractivity contribution in [1.82, 2.24) is 0 Å². The number of benzene rings is 1. The SMILES string of the molecule is C#CCCCCC(=O)N(C)c1ccc(C(=O)O)cc1. The van der Waals surface area contributed by atoms with E-state index >= 15 is 0 Å². The minimum absolute atomic E-state index is 0.0000893. The van der Waals surface area contributed by atoms with Crippen LogP contribution in [0.3, 0.4) is 0 Å². The largest absolute Gasteiger partial charge is 0.478 e. The van der Waals surface area contributed by atoms with E-state index in [4.69, 9.17) is 11.5 Å². The van der Waals surface area contributed by atoms with Gasteiger partial charge in [-0.2, -0.15) is 0 Å². The molecule has 1 aromatic carbocycles. The van der Waals surface area contributed by atoms with Crippen LogP contribution in [0.15, 0.2) is 24.3 Å². The zero-order valence-electron chi connectivity index (χ0n) is 10.9. The topological polar surface area (TPSA) is 57.6 Å². The van der Waals surface area contributed by atoms with Gasteiger partial charge in [0.2, 0.25) is 5.91 Å². The maximum atomic E-state index is 11.9. The number of carbonyl (C=O) groups excluding carboxylic acids is 1. The van der Waals surface area contributed by atoms with Crippen LogP contribution in [0.5, 0.6) is 0 Å². The fourth-order valence-electron chi connectivity index (χ4n) is 1.64. The number of carbonyl (C=O) groups is 2. The number of aromatic carboxylic acids is 1. The summed E-state index contributed by atoms with van der Waals surface area (Å²) in [6.45, 7) is 0. The minimum Gasteiger partial charge on any atom is -0.478 e. The van der Waals surface area contributed by atoms with Crippen LogP contribution >= 0.6 is 0 Å². The number of unbranched alkanes of at least 4 members (excludes halogenated alkanes) is 2. The Morgan fingerprint density at radius 1 is 1.26 bits per heavy atom. The first-order chi connectivity index (χ1) is 9.06. The van der Waals surface area contributed by atoms with Crippen molar-refractivity contribution in [3.8, 4) is 12.3 Å². The van der Waals surface area contributed by atoms with Crippen LogP contribution in [-0.2, 0) is 4.79 Å². The van der Waals surface area contributed by atoms with Gasteiger partial charge in [0.05, 0.1) is 5.56 Å². The average molecular weight is 259 g/mol. The van der Waals surface area contributed by atoms with E-state index in [1.54, 1.807) is 19.2 Å². The second-order valence-corrected chi connectivity index (χ2v) is 4.22. The Balaban J connectivity index is 2.57. The molecule has 0 unspecified atom stereocenters. The van der Waals surface area contributed by atoms with Gasteiger partial charge in [-0.15, -0.1) is 12.3 Å². The summed E-state index contributed by atoms with van der Waals surface area (Å²) in [5.74, 6) is 1.56. The van der Waals surface area contributed by atoms with Gasteiger partial charge in [-0.05, 0) is 37.1 Å². The summed E-state index contributed by atoms with van der Waals surface area (Å²) in [5.41, 5.74) is 0.894. The molecule has 4 nitrogen and oxygen atoms in total. The highest BCUT2D eigenvalue weighted by atomic mass is 16.4. The zero-order valence-corrected chi connectivity index (χ0v) is 10.9. The summed E-state index contributed by atoms with van der Waals surface area (Å²) >= 11 is 0. The number of amides is 1. The molecule has 0 aliphatic heterocycles. The number of carboxylic acid groups (broad SMARTS) is 1. The molecule has 1 aromatic rings. The predicted octanol–water partition coefficient (Wildman–Crippen LogP) is 2.54. The molecule has 0 aromatic heterocycles. The molecule has 0 heterocycles. The summed E-state index contributed by atoms with van der Waals surface area (Å²) in [7, 11) is 1.68. The number of hydrogen-bond donors (Lipinski definition) is 1. The summed E-state index contributed by atoms with van der Waals surface area (Å²) < 4.78 is 0. The van der Waals surface area contributed by atoms with E-state index in [0.29, 0.717) is 18.5 Å². The lowest BCUT2D eigenvalue weighted by molar-refractivity contribution is -0.118. The Labute approximate surface area is 113 Å². The fourth-order valence-corrected chi connectivity index (χ4v) is 1.64. The van der Waals surface area contributed by atoms with Crippen molar-refractivity contribution in [3.63, 3.8) is 0 Å². The molecular weight excluding hydrogens is 242 g/mol. The van der Waals surface area contributed by atoms with Crippen LogP contribution in [0.4, 0.5) is 5.69 Å². The van der Waals surface area contributed by atoms with Crippen molar-refractivity contribution in [3.05, 3.63) is 29.8 Å². The Kier molecular flexibility index (Phi) is 5.62. The van der Waals surface area contributed by atoms with Crippen molar-refractivity contribution in [2.45, 2.75) is 25.7 Å². The van der Waals surface area contributed by atoms with Crippen LogP contribution in [0.1, 0.15) is 36.0 Å². The second-order valence-electron chi connectivity index (χ2n) is 4.22. The maximum Gasteiger partial charge on any atom is 0.335 e. The zero-order chi connectivity index (χ0) is 14.3. The van der Waals surface area contributed by atoms with Gasteiger partial charge >= 0.3 is 5.97 Å². The highest BCUT2D eigenvalue weighted by Crippen LogP contribution is 2.15. The molecule has 0 aliphatic carbocycles. The number of hydrogen-bond acceptors (Lipinski definition) is 2. The maximum absolute atomic E-state index is 11.9. The third-order valence-electron chi connectivity index (χ3n) is 2.84. The van der Waals surface area contributed by atoms with Gasteiger partial charge in [0.25, 0.3) is 0 Å². The highest BCUT2D eigenvalue weighted by Gasteiger charge is 2.11. The van der Waals surface area contributed by atoms with E-state index < -0.39 is 5.97 Å². The van der Waals surface area contributed by atoms with Crippen molar-refractivity contribution in [2.24, 2.45) is 0 Å². The first-order valence-electron chi connectivity index (χ1n) is 6.09. The van der Waals surface area contributed by atoms with E-state index in [9.17, 15) is 9.59 Å². The van der Waals surface area contributed by atoms with Crippen LogP contribution in [0.25, 0.3) is 0 Å². The van der Waals surface area contributed by atoms with E-state index in [0.717, 1.165) is 12.8 Å². The van der Waals surface area contributed by atoms with Gasteiger partial charge in [0, 0.05) is 25.6 Å². The molecule has 1 N–H and O–H groups in total. The van der Waals surface area contributed by atoms with Crippen molar-refractivity contribution in [2.75, 3.05) is 11.9 Å². The van der Waals surface area contributed by atoms with Crippen LogP contribution in [-0.4, -0.2) is 24.0 Å². The first-order valence-corrected chi connectivity index (χ1v) is 6.09. The molecule has 0 bridgehead atoms. The molecule has 0 spiro atoms. The summed E-state index contributed by atoms with van der Waals surface area (Å²) in [5, 5.41) is 8.79. The highest BCUT2D eigenvalue weighted by molar-refractivity contribution is 5.94. The Morgan fingerprint density at radius 2 is 1.89 bits per heavy atom. The third-order valence-corrected chi connectivity index (χ3v) is 2.84. The molecule has 4 heteroatoms. The van der Waals surface area contributed by atoms with Gasteiger partial charge < -0.3 is 10.0 Å². The molecule has 100 valence electrons. The van der Waals surface area contributed by atoms with E-state index in [2.05, 4.69) is 5.92 Å². The van der Waals surface area contributed by atoms with Crippen molar-refractivity contribution >= 4 is 17.6 Å². The number of anilines is 1. The van der Waals surface area contributed by atoms with Gasteiger partial charge in [-0.25, -0.2) is 4.79 Å². The standard InChI is InChI=1S/C15H17NO3/c1-3-4-5-6-7-14(17)16(2)13-10-8-12(9-11-13)15(18)19/h1,8-11H,4-7H2,2H3,(H,18,19). The van der Waals surface area contributed by atoms with E-state index in [1.807, 2.05) is 0 Å². The Morgan fingerprint density at radius 3 is 2.42 bits per heavy atom. The third kappa shape index (κ3) is 4.47. The molecule has 0 radical (unpaired) electrons. The predicted molar refractivity (Wildman–Crippen MR) is 74.1 cm³/mol. The lowest BCUT2D eigenvalue weighted by atomic mass is 10.1. The van der Waals surface area contributed by atoms with Gasteiger partial charge in [0.15, 0.2) is 0 Å². The van der Waals surface area contributed by atoms with Crippen LogP contribution in [0.2, 0.25) is 0 Å². The summed E-state index contributed by atoms with van der Waals surface area (Å²) in [4.78, 5) is 24.1. The minimum atomic E-state index is -0.977. The number of nitrogens with zero attached hydrogens (tertiary/aromatic N) is 1.